The van der Waals surface area contributed by atoms with Crippen molar-refractivity contribution in [1.82, 2.24) is 15.3 Å². The van der Waals surface area contributed by atoms with Crippen LogP contribution in [0.25, 0.3) is 44.7 Å². The van der Waals surface area contributed by atoms with Crippen LogP contribution >= 0.6 is 0 Å². The molecule has 0 bridgehead atoms. The van der Waals surface area contributed by atoms with Gasteiger partial charge in [0.05, 0.1) is 0 Å². The highest BCUT2D eigenvalue weighted by molar-refractivity contribution is 5.96. The van der Waals surface area contributed by atoms with E-state index in [9.17, 15) is 4.79 Å². The average molecular weight is 435 g/mol. The lowest BCUT2D eigenvalue weighted by Gasteiger charge is -2.04. The van der Waals surface area contributed by atoms with Gasteiger partial charge in [0.25, 0.3) is 5.91 Å². The minimum absolute atomic E-state index is 0.219. The van der Waals surface area contributed by atoms with Crippen LogP contribution in [0, 0.1) is 0 Å². The molecule has 0 aliphatic rings. The first-order chi connectivity index (χ1) is 16.2. The van der Waals surface area contributed by atoms with Crippen LogP contribution in [0.15, 0.2) is 98.8 Å². The number of nitrogens with one attached hydrogen (secondary N) is 1. The number of rotatable bonds is 5. The maximum absolute atomic E-state index is 12.9. The Morgan fingerprint density at radius 1 is 0.788 bits per heavy atom. The van der Waals surface area contributed by atoms with Crippen LogP contribution in [0.5, 0.6) is 0 Å². The van der Waals surface area contributed by atoms with Crippen LogP contribution in [0.3, 0.4) is 0 Å². The second kappa shape index (κ2) is 7.80. The van der Waals surface area contributed by atoms with Crippen LogP contribution in [0.1, 0.15) is 16.1 Å². The van der Waals surface area contributed by atoms with Gasteiger partial charge in [-0.15, -0.1) is 0 Å². The summed E-state index contributed by atoms with van der Waals surface area (Å²) in [5.74, 6) is 0.486. The SMILES string of the molecule is O=C(NCc1ccccc1)c1cc(-c2ccc3ocnc3c2)c(-c2ccc3ocnc3c2)o1. The third kappa shape index (κ3) is 3.55. The summed E-state index contributed by atoms with van der Waals surface area (Å²) in [6.07, 6.45) is 2.81. The smallest absolute Gasteiger partial charge is 0.287 e. The number of hydrogen-bond acceptors (Lipinski definition) is 6. The van der Waals surface area contributed by atoms with Gasteiger partial charge >= 0.3 is 0 Å². The van der Waals surface area contributed by atoms with Gasteiger partial charge in [-0.3, -0.25) is 4.79 Å². The van der Waals surface area contributed by atoms with Crippen molar-refractivity contribution in [2.24, 2.45) is 0 Å². The van der Waals surface area contributed by atoms with Crippen LogP contribution in [-0.2, 0) is 6.54 Å². The Kier molecular flexibility index (Phi) is 4.51. The lowest BCUT2D eigenvalue weighted by Crippen LogP contribution is -2.22. The van der Waals surface area contributed by atoms with Crippen LogP contribution < -0.4 is 5.32 Å². The van der Waals surface area contributed by atoms with Crippen molar-refractivity contribution in [3.63, 3.8) is 0 Å². The molecule has 3 aromatic heterocycles. The Morgan fingerprint density at radius 3 is 2.18 bits per heavy atom. The molecule has 6 aromatic rings. The predicted octanol–water partition coefficient (Wildman–Crippen LogP) is 5.83. The molecule has 3 aromatic carbocycles. The van der Waals surface area contributed by atoms with Gasteiger partial charge in [-0.05, 0) is 47.5 Å². The molecule has 0 saturated heterocycles. The molecule has 160 valence electrons. The molecule has 0 spiro atoms. The van der Waals surface area contributed by atoms with E-state index in [-0.39, 0.29) is 11.7 Å². The summed E-state index contributed by atoms with van der Waals surface area (Å²) < 4.78 is 16.8. The first-order valence-electron chi connectivity index (χ1n) is 10.4. The molecule has 33 heavy (non-hydrogen) atoms. The van der Waals surface area contributed by atoms with E-state index >= 15 is 0 Å². The van der Waals surface area contributed by atoms with Gasteiger partial charge in [0.15, 0.2) is 29.7 Å². The van der Waals surface area contributed by atoms with Crippen molar-refractivity contribution >= 4 is 28.1 Å². The number of carbonyl (C=O) groups excluding carboxylic acids is 1. The number of aromatic nitrogens is 2. The molecule has 1 amide bonds. The fourth-order valence-electron chi connectivity index (χ4n) is 3.82. The number of benzene rings is 3. The van der Waals surface area contributed by atoms with Crippen molar-refractivity contribution in [3.05, 3.63) is 96.9 Å². The Labute approximate surface area is 187 Å². The molecule has 0 aliphatic heterocycles. The summed E-state index contributed by atoms with van der Waals surface area (Å²) in [5, 5.41) is 2.92. The number of nitrogens with zero attached hydrogens (tertiary/aromatic N) is 2. The highest BCUT2D eigenvalue weighted by Gasteiger charge is 2.20. The summed E-state index contributed by atoms with van der Waals surface area (Å²) in [6, 6.07) is 22.8. The minimum Gasteiger partial charge on any atom is -0.450 e. The monoisotopic (exact) mass is 435 g/mol. The Morgan fingerprint density at radius 2 is 1.45 bits per heavy atom. The molecule has 7 nitrogen and oxygen atoms in total. The first-order valence-corrected chi connectivity index (χ1v) is 10.4. The zero-order valence-corrected chi connectivity index (χ0v) is 17.3. The minimum atomic E-state index is -0.295. The highest BCUT2D eigenvalue weighted by atomic mass is 16.4. The molecule has 6 rings (SSSR count). The topological polar surface area (TPSA) is 94.3 Å². The zero-order valence-electron chi connectivity index (χ0n) is 17.3. The second-order valence-corrected chi connectivity index (χ2v) is 7.59. The van der Waals surface area contributed by atoms with Crippen molar-refractivity contribution in [2.75, 3.05) is 0 Å². The quantitative estimate of drug-likeness (QED) is 0.366. The summed E-state index contributed by atoms with van der Waals surface area (Å²) in [4.78, 5) is 21.4. The van der Waals surface area contributed by atoms with E-state index in [0.29, 0.717) is 29.0 Å². The van der Waals surface area contributed by atoms with Crippen molar-refractivity contribution in [1.29, 1.82) is 0 Å². The van der Waals surface area contributed by atoms with Gasteiger partial charge in [-0.2, -0.15) is 0 Å². The summed E-state index contributed by atoms with van der Waals surface area (Å²) in [5.41, 5.74) is 6.22. The molecule has 0 fully saturated rings. The predicted molar refractivity (Wildman–Crippen MR) is 122 cm³/mol. The number of hydrogen-bond donors (Lipinski definition) is 1. The molecular weight excluding hydrogens is 418 g/mol. The molecule has 0 aliphatic carbocycles. The second-order valence-electron chi connectivity index (χ2n) is 7.59. The van der Waals surface area contributed by atoms with Gasteiger partial charge in [0, 0.05) is 17.7 Å². The molecule has 3 heterocycles. The number of carbonyl (C=O) groups is 1. The maximum atomic E-state index is 12.9. The number of amides is 1. The van der Waals surface area contributed by atoms with Crippen LogP contribution in [0.2, 0.25) is 0 Å². The summed E-state index contributed by atoms with van der Waals surface area (Å²) in [6.45, 7) is 0.404. The fraction of sp³-hybridized carbons (Fsp3) is 0.0385. The average Bonchev–Trinajstić information content (AvgIpc) is 3.61. The van der Waals surface area contributed by atoms with E-state index in [1.807, 2.05) is 66.7 Å². The largest absolute Gasteiger partial charge is 0.450 e. The lowest BCUT2D eigenvalue weighted by molar-refractivity contribution is 0.0924. The maximum Gasteiger partial charge on any atom is 0.287 e. The van der Waals surface area contributed by atoms with Gasteiger partial charge in [0.2, 0.25) is 0 Å². The summed E-state index contributed by atoms with van der Waals surface area (Å²) >= 11 is 0. The van der Waals surface area contributed by atoms with E-state index in [1.54, 1.807) is 6.07 Å². The Hall–Kier alpha value is -4.65. The van der Waals surface area contributed by atoms with Crippen molar-refractivity contribution in [2.45, 2.75) is 6.54 Å². The third-order valence-electron chi connectivity index (χ3n) is 5.49. The van der Waals surface area contributed by atoms with Gasteiger partial charge in [-0.25, -0.2) is 9.97 Å². The van der Waals surface area contributed by atoms with E-state index in [1.165, 1.54) is 12.8 Å². The summed E-state index contributed by atoms with van der Waals surface area (Å²) in [7, 11) is 0. The highest BCUT2D eigenvalue weighted by Crippen LogP contribution is 2.37. The molecule has 1 N–H and O–H groups in total. The molecular formula is C26H17N3O4. The fourth-order valence-corrected chi connectivity index (χ4v) is 3.82. The van der Waals surface area contributed by atoms with E-state index in [2.05, 4.69) is 15.3 Å². The van der Waals surface area contributed by atoms with Crippen molar-refractivity contribution < 1.29 is 18.0 Å². The number of oxazole rings is 2. The number of furan rings is 1. The standard InChI is InChI=1S/C26H17N3O4/c30-26(27-13-16-4-2-1-3-5-16)24-12-19(17-6-8-22-20(10-17)28-14-31-22)25(33-24)18-7-9-23-21(11-18)29-15-32-23/h1-12,14-15H,13H2,(H,27,30). The molecule has 7 heteroatoms. The first kappa shape index (κ1) is 19.1. The molecule has 0 atom stereocenters. The van der Waals surface area contributed by atoms with Gasteiger partial charge in [-0.1, -0.05) is 36.4 Å². The lowest BCUT2D eigenvalue weighted by atomic mass is 10.0. The zero-order chi connectivity index (χ0) is 22.2. The Balaban J connectivity index is 1.42. The van der Waals surface area contributed by atoms with Gasteiger partial charge < -0.3 is 18.6 Å². The van der Waals surface area contributed by atoms with E-state index in [4.69, 9.17) is 13.3 Å². The van der Waals surface area contributed by atoms with Crippen LogP contribution in [0.4, 0.5) is 0 Å². The van der Waals surface area contributed by atoms with Crippen molar-refractivity contribution in [3.8, 4) is 22.5 Å². The van der Waals surface area contributed by atoms with Gasteiger partial charge in [0.1, 0.15) is 16.8 Å². The number of fused-ring (bicyclic) bond motifs is 2. The van der Waals surface area contributed by atoms with E-state index < -0.39 is 0 Å². The van der Waals surface area contributed by atoms with Crippen LogP contribution in [-0.4, -0.2) is 15.9 Å². The molecule has 0 radical (unpaired) electrons. The third-order valence-corrected chi connectivity index (χ3v) is 5.49. The van der Waals surface area contributed by atoms with E-state index in [0.717, 1.165) is 27.8 Å². The molecule has 0 saturated carbocycles. The molecule has 0 unspecified atom stereocenters. The normalized spacial score (nSPS) is 11.3. The Bertz CT molecular complexity index is 1500.